The third kappa shape index (κ3) is 3.42. The van der Waals surface area contributed by atoms with E-state index in [1.807, 2.05) is 37.3 Å². The summed E-state index contributed by atoms with van der Waals surface area (Å²) in [5.41, 5.74) is 4.63. The molecule has 0 radical (unpaired) electrons. The number of carboxylic acids is 1. The van der Waals surface area contributed by atoms with E-state index in [4.69, 9.17) is 4.74 Å². The Morgan fingerprint density at radius 3 is 2.72 bits per heavy atom. The lowest BCUT2D eigenvalue weighted by molar-refractivity contribution is -0.136. The summed E-state index contributed by atoms with van der Waals surface area (Å²) in [5, 5.41) is 10.4. The second-order valence-corrected chi connectivity index (χ2v) is 6.73. The first-order chi connectivity index (χ1) is 12.0. The zero-order valence-electron chi connectivity index (χ0n) is 14.2. The average molecular weight is 402 g/mol. The molecule has 0 saturated carbocycles. The van der Waals surface area contributed by atoms with Gasteiger partial charge in [-0.1, -0.05) is 41.1 Å². The number of hydrogen-bond acceptors (Lipinski definition) is 2. The number of nitrogens with one attached hydrogen (secondary N) is 1. The van der Waals surface area contributed by atoms with E-state index < -0.39 is 5.97 Å². The topological polar surface area (TPSA) is 62.3 Å². The summed E-state index contributed by atoms with van der Waals surface area (Å²) in [6.45, 7) is 4.57. The van der Waals surface area contributed by atoms with E-state index >= 15 is 0 Å². The molecule has 0 amide bonds. The summed E-state index contributed by atoms with van der Waals surface area (Å²) in [6, 6.07) is 11.8. The predicted octanol–water partition coefficient (Wildman–Crippen LogP) is 5.19. The van der Waals surface area contributed by atoms with E-state index in [2.05, 4.69) is 33.9 Å². The molecule has 2 N–H and O–H groups in total. The van der Waals surface area contributed by atoms with Crippen molar-refractivity contribution in [2.24, 2.45) is 0 Å². The number of aliphatic carboxylic acids is 1. The van der Waals surface area contributed by atoms with E-state index in [0.29, 0.717) is 6.61 Å². The molecule has 1 aromatic heterocycles. The maximum Gasteiger partial charge on any atom is 0.307 e. The highest BCUT2D eigenvalue weighted by Gasteiger charge is 2.20. The van der Waals surface area contributed by atoms with Crippen molar-refractivity contribution >= 4 is 32.8 Å². The average Bonchev–Trinajstić information content (AvgIpc) is 2.94. The Morgan fingerprint density at radius 1 is 1.24 bits per heavy atom. The number of aryl methyl sites for hydroxylation is 1. The molecule has 3 rings (SSSR count). The number of carbonyl (C=O) groups is 1. The van der Waals surface area contributed by atoms with Crippen LogP contribution in [0.3, 0.4) is 0 Å². The Bertz CT molecular complexity index is 930. The van der Waals surface area contributed by atoms with Crippen LogP contribution in [0.15, 0.2) is 40.9 Å². The molecule has 3 aromatic rings. The fourth-order valence-electron chi connectivity index (χ4n) is 3.17. The number of aromatic nitrogens is 1. The first-order valence-electron chi connectivity index (χ1n) is 8.32. The molecule has 0 unspecified atom stereocenters. The van der Waals surface area contributed by atoms with Gasteiger partial charge in [0.25, 0.3) is 0 Å². The Balaban J connectivity index is 2.32. The zero-order valence-corrected chi connectivity index (χ0v) is 15.8. The zero-order chi connectivity index (χ0) is 18.0. The van der Waals surface area contributed by atoms with Crippen molar-refractivity contribution in [3.05, 3.63) is 52.0 Å². The van der Waals surface area contributed by atoms with Gasteiger partial charge in [-0.2, -0.15) is 0 Å². The summed E-state index contributed by atoms with van der Waals surface area (Å²) in [7, 11) is 0. The number of fused-ring (bicyclic) bond motifs is 1. The van der Waals surface area contributed by atoms with Gasteiger partial charge in [0, 0.05) is 20.9 Å². The lowest BCUT2D eigenvalue weighted by Crippen LogP contribution is -2.02. The van der Waals surface area contributed by atoms with Gasteiger partial charge >= 0.3 is 5.97 Å². The van der Waals surface area contributed by atoms with Gasteiger partial charge in [0.2, 0.25) is 0 Å². The fourth-order valence-corrected chi connectivity index (χ4v) is 3.53. The number of benzene rings is 2. The Morgan fingerprint density at radius 2 is 2.04 bits per heavy atom. The molecule has 0 aliphatic heterocycles. The summed E-state index contributed by atoms with van der Waals surface area (Å²) < 4.78 is 6.69. The van der Waals surface area contributed by atoms with E-state index in [1.165, 1.54) is 5.56 Å². The molecule has 25 heavy (non-hydrogen) atoms. The molecule has 0 spiro atoms. The molecule has 5 heteroatoms. The van der Waals surface area contributed by atoms with Gasteiger partial charge < -0.3 is 14.8 Å². The van der Waals surface area contributed by atoms with Gasteiger partial charge in [-0.25, -0.2) is 0 Å². The molecule has 0 bridgehead atoms. The third-order valence-corrected chi connectivity index (χ3v) is 4.74. The van der Waals surface area contributed by atoms with Crippen molar-refractivity contribution in [2.75, 3.05) is 6.61 Å². The molecule has 0 aliphatic rings. The normalized spacial score (nSPS) is 11.0. The molecule has 130 valence electrons. The molecule has 0 aliphatic carbocycles. The number of para-hydroxylation sites is 1. The van der Waals surface area contributed by atoms with Gasteiger partial charge in [0.1, 0.15) is 5.75 Å². The standard InChI is InChI=1S/C20H20BrNO3/c1-3-12-6-5-7-14-15(11-18(23)24)20(22-19(12)14)16-10-13(21)8-9-17(16)25-4-2/h5-10,22H,3-4,11H2,1-2H3,(H,23,24). The summed E-state index contributed by atoms with van der Waals surface area (Å²) >= 11 is 3.51. The monoisotopic (exact) mass is 401 g/mol. The predicted molar refractivity (Wildman–Crippen MR) is 103 cm³/mol. The number of aromatic amines is 1. The van der Waals surface area contributed by atoms with Crippen LogP contribution in [0.25, 0.3) is 22.2 Å². The summed E-state index contributed by atoms with van der Waals surface area (Å²) in [6.07, 6.45) is 0.835. The van der Waals surface area contributed by atoms with E-state index in [1.54, 1.807) is 0 Å². The van der Waals surface area contributed by atoms with Crippen LogP contribution in [-0.4, -0.2) is 22.7 Å². The van der Waals surface area contributed by atoms with Gasteiger partial charge in [-0.3, -0.25) is 4.79 Å². The number of rotatable bonds is 6. The van der Waals surface area contributed by atoms with Crippen molar-refractivity contribution < 1.29 is 14.6 Å². The maximum absolute atomic E-state index is 11.5. The second-order valence-electron chi connectivity index (χ2n) is 5.82. The number of halogens is 1. The van der Waals surface area contributed by atoms with Gasteiger partial charge in [-0.05, 0) is 42.7 Å². The highest BCUT2D eigenvalue weighted by molar-refractivity contribution is 9.10. The van der Waals surface area contributed by atoms with Crippen LogP contribution in [0.4, 0.5) is 0 Å². The smallest absolute Gasteiger partial charge is 0.307 e. The molecular weight excluding hydrogens is 382 g/mol. The molecule has 1 heterocycles. The Labute approximate surface area is 155 Å². The SMILES string of the molecule is CCOc1ccc(Br)cc1-c1[nH]c2c(CC)cccc2c1CC(=O)O. The highest BCUT2D eigenvalue weighted by atomic mass is 79.9. The number of H-pyrrole nitrogens is 1. The van der Waals surface area contributed by atoms with Crippen LogP contribution >= 0.6 is 15.9 Å². The summed E-state index contributed by atoms with van der Waals surface area (Å²) in [4.78, 5) is 14.9. The lowest BCUT2D eigenvalue weighted by Gasteiger charge is -2.11. The van der Waals surface area contributed by atoms with Crippen LogP contribution < -0.4 is 4.74 Å². The highest BCUT2D eigenvalue weighted by Crippen LogP contribution is 2.38. The maximum atomic E-state index is 11.5. The summed E-state index contributed by atoms with van der Waals surface area (Å²) in [5.74, 6) is -0.112. The van der Waals surface area contributed by atoms with Crippen LogP contribution in [0.2, 0.25) is 0 Å². The number of carboxylic acid groups (broad SMARTS) is 1. The van der Waals surface area contributed by atoms with Crippen LogP contribution in [0.1, 0.15) is 25.0 Å². The molecule has 0 fully saturated rings. The molecule has 4 nitrogen and oxygen atoms in total. The van der Waals surface area contributed by atoms with Crippen LogP contribution in [0.5, 0.6) is 5.75 Å². The molecule has 0 saturated heterocycles. The minimum atomic E-state index is -0.850. The minimum absolute atomic E-state index is 0.0411. The van der Waals surface area contributed by atoms with E-state index in [0.717, 1.165) is 44.4 Å². The van der Waals surface area contributed by atoms with Gasteiger partial charge in [0.15, 0.2) is 0 Å². The molecule has 0 atom stereocenters. The number of ether oxygens (including phenoxy) is 1. The molecule has 2 aromatic carbocycles. The van der Waals surface area contributed by atoms with Crippen LogP contribution in [0, 0.1) is 0 Å². The van der Waals surface area contributed by atoms with Crippen molar-refractivity contribution in [1.29, 1.82) is 0 Å². The second kappa shape index (κ2) is 7.31. The van der Waals surface area contributed by atoms with Crippen molar-refractivity contribution in [1.82, 2.24) is 4.98 Å². The lowest BCUT2D eigenvalue weighted by atomic mass is 10.0. The molecular formula is C20H20BrNO3. The van der Waals surface area contributed by atoms with Crippen molar-refractivity contribution in [3.8, 4) is 17.0 Å². The van der Waals surface area contributed by atoms with Crippen LogP contribution in [-0.2, 0) is 17.6 Å². The minimum Gasteiger partial charge on any atom is -0.493 e. The van der Waals surface area contributed by atoms with Crippen molar-refractivity contribution in [2.45, 2.75) is 26.7 Å². The first-order valence-corrected chi connectivity index (χ1v) is 9.11. The fraction of sp³-hybridized carbons (Fsp3) is 0.250. The van der Waals surface area contributed by atoms with Crippen molar-refractivity contribution in [3.63, 3.8) is 0 Å². The van der Waals surface area contributed by atoms with Gasteiger partial charge in [0.05, 0.1) is 18.7 Å². The Kier molecular flexibility index (Phi) is 5.13. The third-order valence-electron chi connectivity index (χ3n) is 4.25. The van der Waals surface area contributed by atoms with E-state index in [-0.39, 0.29) is 6.42 Å². The van der Waals surface area contributed by atoms with Gasteiger partial charge in [-0.15, -0.1) is 0 Å². The quantitative estimate of drug-likeness (QED) is 0.597. The first kappa shape index (κ1) is 17.5. The van der Waals surface area contributed by atoms with E-state index in [9.17, 15) is 9.90 Å². The number of hydrogen-bond donors (Lipinski definition) is 2. The Hall–Kier alpha value is -2.27. The largest absolute Gasteiger partial charge is 0.493 e.